The summed E-state index contributed by atoms with van der Waals surface area (Å²) in [5, 5.41) is 0. The van der Waals surface area contributed by atoms with Crippen LogP contribution in [0.4, 0.5) is 17.1 Å². The van der Waals surface area contributed by atoms with Crippen LogP contribution in [0.25, 0.3) is 34.2 Å². The second-order valence-corrected chi connectivity index (χ2v) is 12.8. The monoisotopic (exact) mass is 627 g/mol. The average molecular weight is 628 g/mol. The summed E-state index contributed by atoms with van der Waals surface area (Å²) in [6.07, 6.45) is 4.46. The van der Waals surface area contributed by atoms with Crippen molar-refractivity contribution in [3.63, 3.8) is 0 Å². The van der Waals surface area contributed by atoms with Crippen LogP contribution in [0.15, 0.2) is 140 Å². The summed E-state index contributed by atoms with van der Waals surface area (Å²) < 4.78 is 10.9. The zero-order valence-electron chi connectivity index (χ0n) is 27.6. The topological polar surface area (TPSA) is 48.1 Å². The number of hydrogen-bond acceptors (Lipinski definition) is 4. The van der Waals surface area contributed by atoms with Gasteiger partial charge in [-0.2, -0.15) is 0 Å². The fraction of sp³-hybridized carbons (Fsp3) is 0.143. The van der Waals surface area contributed by atoms with Crippen LogP contribution in [0, 0.1) is 0 Å². The molecule has 8 bridgehead atoms. The van der Waals surface area contributed by atoms with Crippen LogP contribution in [-0.4, -0.2) is 19.1 Å². The number of para-hydroxylation sites is 3. The number of nitrogens with zero attached hydrogens (tertiary/aromatic N) is 5. The fourth-order valence-corrected chi connectivity index (χ4v) is 6.69. The molecule has 0 spiro atoms. The lowest BCUT2D eigenvalue weighted by atomic mass is 10.0. The highest BCUT2D eigenvalue weighted by atomic mass is 16.5. The van der Waals surface area contributed by atoms with E-state index in [-0.39, 0.29) is 0 Å². The van der Waals surface area contributed by atoms with Gasteiger partial charge in [0.1, 0.15) is 0 Å². The highest BCUT2D eigenvalue weighted by molar-refractivity contribution is 5.83. The van der Waals surface area contributed by atoms with E-state index in [1.54, 1.807) is 0 Å². The first-order chi connectivity index (χ1) is 23.4. The van der Waals surface area contributed by atoms with Crippen molar-refractivity contribution in [2.45, 2.75) is 39.5 Å². The molecule has 4 aromatic heterocycles. The Hall–Kier alpha value is -5.88. The number of hydrogen-bond donors (Lipinski definition) is 0. The molecule has 0 aliphatic carbocycles. The van der Waals surface area contributed by atoms with Crippen molar-refractivity contribution in [2.24, 2.45) is 0 Å². The number of rotatable bonds is 5. The molecule has 48 heavy (non-hydrogen) atoms. The van der Waals surface area contributed by atoms with E-state index in [0.717, 1.165) is 51.2 Å². The van der Waals surface area contributed by atoms with Crippen molar-refractivity contribution < 1.29 is 4.74 Å². The molecule has 0 saturated carbocycles. The van der Waals surface area contributed by atoms with Gasteiger partial charge in [0.25, 0.3) is 0 Å². The van der Waals surface area contributed by atoms with Gasteiger partial charge in [0.2, 0.25) is 11.8 Å². The van der Waals surface area contributed by atoms with Crippen molar-refractivity contribution in [2.75, 3.05) is 4.90 Å². The standard InChI is InChI=1S/C42H37N5O/c1-28(2)33-16-8-10-20-37(33)45-26-31-24-39(45)35-18-12-22-41(43-35)48-42-23-13-19-36(44-42)40-25-32(47(31)30-14-6-5-7-15-30)27-46(40)38-21-11-9-17-34(38)29(3)4/h5-29H,1-4H3. The summed E-state index contributed by atoms with van der Waals surface area (Å²) in [4.78, 5) is 12.4. The maximum atomic E-state index is 6.36. The zero-order chi connectivity index (χ0) is 32.8. The average Bonchev–Trinajstić information content (AvgIpc) is 3.75. The second-order valence-electron chi connectivity index (χ2n) is 12.8. The first kappa shape index (κ1) is 29.5. The molecule has 8 rings (SSSR count). The number of benzene rings is 3. The van der Waals surface area contributed by atoms with E-state index >= 15 is 0 Å². The first-order valence-corrected chi connectivity index (χ1v) is 16.6. The number of ether oxygens (including phenoxy) is 1. The predicted molar refractivity (Wildman–Crippen MR) is 194 cm³/mol. The van der Waals surface area contributed by atoms with Crippen LogP contribution >= 0.6 is 0 Å². The molecule has 0 fully saturated rings. The van der Waals surface area contributed by atoms with E-state index in [1.165, 1.54) is 11.1 Å². The Labute approximate surface area is 281 Å². The lowest BCUT2D eigenvalue weighted by molar-refractivity contribution is 0.446. The molecule has 3 aromatic carbocycles. The zero-order valence-corrected chi connectivity index (χ0v) is 27.6. The van der Waals surface area contributed by atoms with Crippen LogP contribution < -0.4 is 9.64 Å². The molecule has 1 aliphatic rings. The van der Waals surface area contributed by atoms with Crippen molar-refractivity contribution in [1.29, 1.82) is 0 Å². The minimum absolute atomic E-state index is 0.330. The molecule has 0 atom stereocenters. The van der Waals surface area contributed by atoms with Gasteiger partial charge in [0.05, 0.1) is 34.2 Å². The third kappa shape index (κ3) is 5.25. The van der Waals surface area contributed by atoms with Gasteiger partial charge in [-0.05, 0) is 71.5 Å². The molecule has 1 aliphatic heterocycles. The van der Waals surface area contributed by atoms with Gasteiger partial charge in [0, 0.05) is 41.6 Å². The molecular weight excluding hydrogens is 590 g/mol. The Bertz CT molecular complexity index is 2110. The SMILES string of the molecule is CC(C)c1ccccc1-n1cc2cc1-c1cccc(n1)Oc1cccc(n1)-c1cc(cn1-c1ccccc1C(C)C)N2c1ccccc1. The van der Waals surface area contributed by atoms with E-state index in [4.69, 9.17) is 14.7 Å². The number of anilines is 3. The summed E-state index contributed by atoms with van der Waals surface area (Å²) >= 11 is 0. The summed E-state index contributed by atoms with van der Waals surface area (Å²) in [7, 11) is 0. The van der Waals surface area contributed by atoms with Gasteiger partial charge in [-0.1, -0.05) is 94.4 Å². The molecule has 0 saturated heterocycles. The first-order valence-electron chi connectivity index (χ1n) is 16.6. The molecule has 236 valence electrons. The second kappa shape index (κ2) is 12.0. The van der Waals surface area contributed by atoms with Crippen LogP contribution in [-0.2, 0) is 0 Å². The summed E-state index contributed by atoms with van der Waals surface area (Å²) in [6.45, 7) is 8.95. The Morgan fingerprint density at radius 2 is 0.938 bits per heavy atom. The highest BCUT2D eigenvalue weighted by Crippen LogP contribution is 2.43. The quantitative estimate of drug-likeness (QED) is 0.190. The van der Waals surface area contributed by atoms with Gasteiger partial charge in [0.15, 0.2) is 0 Å². The maximum absolute atomic E-state index is 6.36. The van der Waals surface area contributed by atoms with Crippen LogP contribution in [0.1, 0.15) is 50.7 Å². The van der Waals surface area contributed by atoms with Crippen LogP contribution in [0.5, 0.6) is 11.8 Å². The van der Waals surface area contributed by atoms with Gasteiger partial charge in [-0.25, -0.2) is 9.97 Å². The largest absolute Gasteiger partial charge is 0.421 e. The Morgan fingerprint density at radius 3 is 1.42 bits per heavy atom. The summed E-state index contributed by atoms with van der Waals surface area (Å²) in [5.41, 5.74) is 11.4. The summed E-state index contributed by atoms with van der Waals surface area (Å²) in [5.74, 6) is 1.64. The normalized spacial score (nSPS) is 12.2. The highest BCUT2D eigenvalue weighted by Gasteiger charge is 2.24. The molecule has 5 heterocycles. The van der Waals surface area contributed by atoms with Crippen molar-refractivity contribution in [1.82, 2.24) is 19.1 Å². The van der Waals surface area contributed by atoms with E-state index in [2.05, 4.69) is 145 Å². The Kier molecular flexibility index (Phi) is 7.41. The van der Waals surface area contributed by atoms with Crippen LogP contribution in [0.2, 0.25) is 0 Å². The Morgan fingerprint density at radius 1 is 0.479 bits per heavy atom. The molecule has 0 amide bonds. The Balaban J connectivity index is 1.46. The third-order valence-electron chi connectivity index (χ3n) is 8.96. The number of aromatic nitrogens is 4. The lowest BCUT2D eigenvalue weighted by Crippen LogP contribution is -2.08. The molecular formula is C42H37N5O. The van der Waals surface area contributed by atoms with Gasteiger partial charge in [-0.3, -0.25) is 0 Å². The maximum Gasteiger partial charge on any atom is 0.221 e. The number of pyridine rings is 2. The van der Waals surface area contributed by atoms with Gasteiger partial charge in [-0.15, -0.1) is 0 Å². The van der Waals surface area contributed by atoms with E-state index < -0.39 is 0 Å². The van der Waals surface area contributed by atoms with Crippen molar-refractivity contribution >= 4 is 17.1 Å². The predicted octanol–water partition coefficient (Wildman–Crippen LogP) is 11.2. The molecule has 6 heteroatoms. The minimum Gasteiger partial charge on any atom is -0.421 e. The smallest absolute Gasteiger partial charge is 0.221 e. The number of fused-ring (bicyclic) bond motifs is 10. The van der Waals surface area contributed by atoms with E-state index in [0.29, 0.717) is 23.6 Å². The lowest BCUT2D eigenvalue weighted by Gasteiger charge is -2.23. The van der Waals surface area contributed by atoms with Crippen molar-refractivity contribution in [3.8, 4) is 45.9 Å². The molecule has 7 aromatic rings. The molecule has 0 radical (unpaired) electrons. The van der Waals surface area contributed by atoms with Gasteiger partial charge < -0.3 is 18.8 Å². The minimum atomic E-state index is 0.330. The molecule has 6 nitrogen and oxygen atoms in total. The fourth-order valence-electron chi connectivity index (χ4n) is 6.69. The van der Waals surface area contributed by atoms with Gasteiger partial charge >= 0.3 is 0 Å². The third-order valence-corrected chi connectivity index (χ3v) is 8.96. The molecule has 0 N–H and O–H groups in total. The van der Waals surface area contributed by atoms with E-state index in [9.17, 15) is 0 Å². The van der Waals surface area contributed by atoms with Crippen LogP contribution in [0.3, 0.4) is 0 Å². The van der Waals surface area contributed by atoms with Crippen molar-refractivity contribution in [3.05, 3.63) is 151 Å². The molecule has 0 unspecified atom stereocenters. The summed E-state index contributed by atoms with van der Waals surface area (Å²) in [6, 6.07) is 44.1. The van der Waals surface area contributed by atoms with E-state index in [1.807, 2.05) is 36.4 Å².